The van der Waals surface area contributed by atoms with Gasteiger partial charge in [-0.1, -0.05) is 57.7 Å². The first kappa shape index (κ1) is 22.2. The van der Waals surface area contributed by atoms with Gasteiger partial charge in [0.15, 0.2) is 5.83 Å². The smallest absolute Gasteiger partial charge is 0.242 e. The van der Waals surface area contributed by atoms with E-state index in [1.165, 1.54) is 43.9 Å². The van der Waals surface area contributed by atoms with Crippen LogP contribution in [0.2, 0.25) is 0 Å². The summed E-state index contributed by atoms with van der Waals surface area (Å²) in [6, 6.07) is 6.28. The third-order valence-electron chi connectivity index (χ3n) is 6.13. The van der Waals surface area contributed by atoms with E-state index in [0.29, 0.717) is 19.1 Å². The van der Waals surface area contributed by atoms with Crippen LogP contribution >= 0.6 is 0 Å². The van der Waals surface area contributed by atoms with Crippen molar-refractivity contribution in [2.75, 3.05) is 13.2 Å². The second kappa shape index (κ2) is 10.5. The Labute approximate surface area is 174 Å². The maximum Gasteiger partial charge on any atom is 0.242 e. The molecule has 2 aliphatic rings. The fourth-order valence-corrected chi connectivity index (χ4v) is 4.43. The molecule has 0 radical (unpaired) electrons. The Morgan fingerprint density at radius 1 is 1.00 bits per heavy atom. The second-order valence-corrected chi connectivity index (χ2v) is 8.46. The molecule has 0 amide bonds. The van der Waals surface area contributed by atoms with Crippen LogP contribution in [0.5, 0.6) is 0 Å². The Morgan fingerprint density at radius 3 is 2.41 bits per heavy atom. The lowest BCUT2D eigenvalue weighted by atomic mass is 9.80. The van der Waals surface area contributed by atoms with Gasteiger partial charge in [0.1, 0.15) is 5.82 Å². The molecule has 2 atom stereocenters. The van der Waals surface area contributed by atoms with Gasteiger partial charge >= 0.3 is 0 Å². The topological polar surface area (TPSA) is 18.5 Å². The summed E-state index contributed by atoms with van der Waals surface area (Å²) < 4.78 is 40.8. The summed E-state index contributed by atoms with van der Waals surface area (Å²) in [6.07, 6.45) is 13.1. The molecule has 3 rings (SSSR count). The van der Waals surface area contributed by atoms with E-state index < -0.39 is 11.6 Å². The van der Waals surface area contributed by atoms with E-state index in [4.69, 9.17) is 9.47 Å². The van der Waals surface area contributed by atoms with Crippen LogP contribution in [0.3, 0.4) is 0 Å². The summed E-state index contributed by atoms with van der Waals surface area (Å²) in [5, 5.41) is 0. The van der Waals surface area contributed by atoms with E-state index >= 15 is 4.39 Å². The number of rotatable bonds is 9. The number of hydrogen-bond acceptors (Lipinski definition) is 2. The molecule has 0 spiro atoms. The van der Waals surface area contributed by atoms with Gasteiger partial charge in [-0.2, -0.15) is 0 Å². The standard InChI is InChI=1S/C25H34F2O2/c1-3-6-19-9-11-20(12-10-19)18-29-25(28-15-4-2)14-13-22(17-24(25)27)21-7-5-8-23(26)16-21/h5,7-8,13-14,16-17,19-20,22H,3-4,6,9-12,15,18H2,1-2H3. The molecule has 0 aromatic heterocycles. The number of allylic oxidation sites excluding steroid dienone is 2. The predicted octanol–water partition coefficient (Wildman–Crippen LogP) is 7.08. The van der Waals surface area contributed by atoms with Crippen LogP contribution in [-0.2, 0) is 9.47 Å². The van der Waals surface area contributed by atoms with Crippen LogP contribution < -0.4 is 0 Å². The lowest BCUT2D eigenvalue weighted by molar-refractivity contribution is -0.198. The minimum Gasteiger partial charge on any atom is -0.341 e. The monoisotopic (exact) mass is 404 g/mol. The first-order valence-electron chi connectivity index (χ1n) is 11.2. The van der Waals surface area contributed by atoms with E-state index in [0.717, 1.165) is 30.7 Å². The van der Waals surface area contributed by atoms with Crippen LogP contribution in [-0.4, -0.2) is 19.0 Å². The van der Waals surface area contributed by atoms with E-state index in [9.17, 15) is 4.39 Å². The van der Waals surface area contributed by atoms with Crippen molar-refractivity contribution >= 4 is 0 Å². The highest BCUT2D eigenvalue weighted by Gasteiger charge is 2.39. The minimum atomic E-state index is -1.44. The molecule has 1 saturated carbocycles. The summed E-state index contributed by atoms with van der Waals surface area (Å²) >= 11 is 0. The van der Waals surface area contributed by atoms with E-state index in [2.05, 4.69) is 6.92 Å². The molecular formula is C25H34F2O2. The summed E-state index contributed by atoms with van der Waals surface area (Å²) in [6.45, 7) is 5.15. The van der Waals surface area contributed by atoms with E-state index in [1.54, 1.807) is 18.2 Å². The molecule has 160 valence electrons. The zero-order valence-electron chi connectivity index (χ0n) is 17.7. The van der Waals surface area contributed by atoms with Gasteiger partial charge in [0.25, 0.3) is 0 Å². The fourth-order valence-electron chi connectivity index (χ4n) is 4.43. The Kier molecular flexibility index (Phi) is 8.02. The molecule has 2 aliphatic carbocycles. The normalized spacial score (nSPS) is 29.7. The molecule has 0 N–H and O–H groups in total. The zero-order chi connectivity index (χ0) is 20.7. The summed E-state index contributed by atoms with van der Waals surface area (Å²) in [5.41, 5.74) is 0.717. The highest BCUT2D eigenvalue weighted by atomic mass is 19.1. The first-order chi connectivity index (χ1) is 14.1. The van der Waals surface area contributed by atoms with Gasteiger partial charge in [-0.3, -0.25) is 0 Å². The Balaban J connectivity index is 1.66. The minimum absolute atomic E-state index is 0.321. The Bertz CT molecular complexity index is 707. The van der Waals surface area contributed by atoms with Crippen LogP contribution in [0.15, 0.2) is 48.3 Å². The molecule has 29 heavy (non-hydrogen) atoms. The van der Waals surface area contributed by atoms with Crippen LogP contribution in [0, 0.1) is 17.7 Å². The quantitative estimate of drug-likeness (QED) is 0.323. The molecule has 2 unspecified atom stereocenters. The average molecular weight is 405 g/mol. The summed E-state index contributed by atoms with van der Waals surface area (Å²) in [4.78, 5) is 0. The largest absolute Gasteiger partial charge is 0.341 e. The maximum atomic E-state index is 15.2. The number of benzene rings is 1. The average Bonchev–Trinajstić information content (AvgIpc) is 2.73. The lowest BCUT2D eigenvalue weighted by Gasteiger charge is -2.35. The SMILES string of the molecule is CCCOC1(OCC2CCC(CCC)CC2)C=CC(c2cccc(F)c2)C=C1F. The molecule has 1 fully saturated rings. The van der Waals surface area contributed by atoms with Crippen molar-refractivity contribution in [3.05, 3.63) is 59.7 Å². The van der Waals surface area contributed by atoms with Gasteiger partial charge in [0.05, 0.1) is 13.2 Å². The van der Waals surface area contributed by atoms with Crippen LogP contribution in [0.1, 0.15) is 70.3 Å². The van der Waals surface area contributed by atoms with Gasteiger partial charge in [0.2, 0.25) is 5.79 Å². The number of ether oxygens (including phenoxy) is 2. The molecule has 1 aromatic rings. The zero-order valence-corrected chi connectivity index (χ0v) is 17.7. The van der Waals surface area contributed by atoms with E-state index in [-0.39, 0.29) is 11.7 Å². The van der Waals surface area contributed by atoms with Crippen LogP contribution in [0.4, 0.5) is 8.78 Å². The van der Waals surface area contributed by atoms with E-state index in [1.807, 2.05) is 13.0 Å². The molecule has 2 nitrogen and oxygen atoms in total. The van der Waals surface area contributed by atoms with Crippen molar-refractivity contribution in [1.82, 2.24) is 0 Å². The first-order valence-corrected chi connectivity index (χ1v) is 11.2. The van der Waals surface area contributed by atoms with Crippen molar-refractivity contribution in [2.45, 2.75) is 70.5 Å². The van der Waals surface area contributed by atoms with Gasteiger partial charge < -0.3 is 9.47 Å². The third-order valence-corrected chi connectivity index (χ3v) is 6.13. The van der Waals surface area contributed by atoms with Crippen molar-refractivity contribution < 1.29 is 18.3 Å². The number of hydrogen-bond donors (Lipinski definition) is 0. The van der Waals surface area contributed by atoms with Gasteiger partial charge in [-0.05, 0) is 60.9 Å². The Hall–Kier alpha value is -1.52. The maximum absolute atomic E-state index is 15.2. The molecular weight excluding hydrogens is 370 g/mol. The molecule has 0 heterocycles. The van der Waals surface area contributed by atoms with Crippen molar-refractivity contribution in [2.24, 2.45) is 11.8 Å². The van der Waals surface area contributed by atoms with Crippen molar-refractivity contribution in [3.63, 3.8) is 0 Å². The fraction of sp³-hybridized carbons (Fsp3) is 0.600. The van der Waals surface area contributed by atoms with Crippen molar-refractivity contribution in [3.8, 4) is 0 Å². The lowest BCUT2D eigenvalue weighted by Crippen LogP contribution is -2.39. The second-order valence-electron chi connectivity index (χ2n) is 8.46. The molecule has 4 heteroatoms. The summed E-state index contributed by atoms with van der Waals surface area (Å²) in [7, 11) is 0. The van der Waals surface area contributed by atoms with Gasteiger partial charge in [-0.15, -0.1) is 0 Å². The van der Waals surface area contributed by atoms with Gasteiger partial charge in [-0.25, -0.2) is 8.78 Å². The Morgan fingerprint density at radius 2 is 1.76 bits per heavy atom. The molecule has 0 aliphatic heterocycles. The molecule has 0 saturated heterocycles. The molecule has 0 bridgehead atoms. The predicted molar refractivity (Wildman–Crippen MR) is 113 cm³/mol. The number of halogens is 2. The van der Waals surface area contributed by atoms with Crippen molar-refractivity contribution in [1.29, 1.82) is 0 Å². The summed E-state index contributed by atoms with van der Waals surface area (Å²) in [5.74, 6) is -1.24. The highest BCUT2D eigenvalue weighted by molar-refractivity contribution is 5.36. The third kappa shape index (κ3) is 5.76. The van der Waals surface area contributed by atoms with Crippen LogP contribution in [0.25, 0.3) is 0 Å². The van der Waals surface area contributed by atoms with Gasteiger partial charge in [0, 0.05) is 5.92 Å². The highest BCUT2D eigenvalue weighted by Crippen LogP contribution is 2.38. The molecule has 1 aromatic carbocycles.